The zero-order chi connectivity index (χ0) is 14.6. The van der Waals surface area contributed by atoms with Gasteiger partial charge in [-0.1, -0.05) is 19.9 Å². The second-order valence-corrected chi connectivity index (χ2v) is 6.29. The van der Waals surface area contributed by atoms with Gasteiger partial charge in [0.25, 0.3) is 0 Å². The van der Waals surface area contributed by atoms with Gasteiger partial charge in [-0.3, -0.25) is 0 Å². The van der Waals surface area contributed by atoms with Gasteiger partial charge in [0, 0.05) is 33.3 Å². The van der Waals surface area contributed by atoms with Crippen LogP contribution in [-0.2, 0) is 11.3 Å². The Balaban J connectivity index is 1.96. The molecule has 0 radical (unpaired) electrons. The smallest absolute Gasteiger partial charge is 0.146 e. The van der Waals surface area contributed by atoms with Crippen molar-refractivity contribution < 1.29 is 9.13 Å². The van der Waals surface area contributed by atoms with E-state index >= 15 is 0 Å². The van der Waals surface area contributed by atoms with E-state index in [4.69, 9.17) is 4.74 Å². The van der Waals surface area contributed by atoms with Gasteiger partial charge in [-0.15, -0.1) is 0 Å². The van der Waals surface area contributed by atoms with Gasteiger partial charge in [-0.05, 0) is 29.5 Å². The molecule has 20 heavy (non-hydrogen) atoms. The topological polar surface area (TPSA) is 24.5 Å². The molecule has 0 aromatic heterocycles. The number of nitrogens with one attached hydrogen (secondary N) is 1. The summed E-state index contributed by atoms with van der Waals surface area (Å²) in [5, 5.41) is 3.23. The van der Waals surface area contributed by atoms with E-state index in [0.29, 0.717) is 13.2 Å². The maximum atomic E-state index is 14.2. The molecule has 1 aliphatic heterocycles. The minimum Gasteiger partial charge on any atom is -0.383 e. The van der Waals surface area contributed by atoms with E-state index < -0.39 is 0 Å². The van der Waals surface area contributed by atoms with Crippen LogP contribution in [-0.4, -0.2) is 33.4 Å². The summed E-state index contributed by atoms with van der Waals surface area (Å²) in [5.41, 5.74) is 1.99. The molecular formula is C16H25FN2O. The quantitative estimate of drug-likeness (QED) is 0.811. The molecular weight excluding hydrogens is 255 g/mol. The van der Waals surface area contributed by atoms with E-state index in [9.17, 15) is 4.39 Å². The van der Waals surface area contributed by atoms with Crippen LogP contribution in [0, 0.1) is 11.2 Å². The van der Waals surface area contributed by atoms with Crippen LogP contribution in [0.5, 0.6) is 0 Å². The number of ether oxygens (including phenoxy) is 1. The summed E-state index contributed by atoms with van der Waals surface area (Å²) in [6.07, 6.45) is 1.12. The minimum atomic E-state index is -0.117. The molecule has 1 aromatic carbocycles. The van der Waals surface area contributed by atoms with Crippen molar-refractivity contribution in [1.29, 1.82) is 0 Å². The second-order valence-electron chi connectivity index (χ2n) is 6.29. The summed E-state index contributed by atoms with van der Waals surface area (Å²) in [5.74, 6) is -0.117. The Morgan fingerprint density at radius 1 is 1.40 bits per heavy atom. The van der Waals surface area contributed by atoms with Crippen molar-refractivity contribution in [3.8, 4) is 0 Å². The number of hydrogen-bond donors (Lipinski definition) is 1. The van der Waals surface area contributed by atoms with E-state index in [1.807, 2.05) is 12.1 Å². The van der Waals surface area contributed by atoms with Crippen molar-refractivity contribution in [3.05, 3.63) is 29.6 Å². The monoisotopic (exact) mass is 280 g/mol. The molecule has 112 valence electrons. The average molecular weight is 280 g/mol. The lowest BCUT2D eigenvalue weighted by molar-refractivity contribution is 0.199. The first kappa shape index (κ1) is 15.3. The fourth-order valence-electron chi connectivity index (χ4n) is 2.64. The van der Waals surface area contributed by atoms with E-state index in [1.54, 1.807) is 13.2 Å². The standard InChI is InChI=1S/C16H25FN2O/c1-16(2)6-8-19(12-16)15-5-4-13(10-14(15)17)11-18-7-9-20-3/h4-5,10,18H,6-9,11-12H2,1-3H3. The van der Waals surface area contributed by atoms with Crippen molar-refractivity contribution in [2.75, 3.05) is 38.3 Å². The van der Waals surface area contributed by atoms with Crippen molar-refractivity contribution >= 4 is 5.69 Å². The molecule has 2 rings (SSSR count). The molecule has 1 saturated heterocycles. The van der Waals surface area contributed by atoms with Gasteiger partial charge in [0.05, 0.1) is 12.3 Å². The number of hydrogen-bond acceptors (Lipinski definition) is 3. The molecule has 1 aromatic rings. The summed E-state index contributed by atoms with van der Waals surface area (Å²) < 4.78 is 19.2. The number of halogens is 1. The van der Waals surface area contributed by atoms with Gasteiger partial charge in [-0.2, -0.15) is 0 Å². The Morgan fingerprint density at radius 3 is 2.80 bits per heavy atom. The number of rotatable bonds is 6. The highest BCUT2D eigenvalue weighted by atomic mass is 19.1. The SMILES string of the molecule is COCCNCc1ccc(N2CCC(C)(C)C2)c(F)c1. The largest absolute Gasteiger partial charge is 0.383 e. The zero-order valence-corrected chi connectivity index (χ0v) is 12.7. The second kappa shape index (κ2) is 6.55. The minimum absolute atomic E-state index is 0.117. The van der Waals surface area contributed by atoms with Crippen LogP contribution in [0.2, 0.25) is 0 Å². The van der Waals surface area contributed by atoms with Crippen LogP contribution in [0.4, 0.5) is 10.1 Å². The lowest BCUT2D eigenvalue weighted by Crippen LogP contribution is -2.24. The van der Waals surface area contributed by atoms with E-state index in [-0.39, 0.29) is 11.2 Å². The first-order valence-corrected chi connectivity index (χ1v) is 7.25. The zero-order valence-electron chi connectivity index (χ0n) is 12.7. The van der Waals surface area contributed by atoms with Crippen LogP contribution in [0.25, 0.3) is 0 Å². The highest BCUT2D eigenvalue weighted by Crippen LogP contribution is 2.33. The van der Waals surface area contributed by atoms with Crippen molar-refractivity contribution in [1.82, 2.24) is 5.32 Å². The molecule has 0 spiro atoms. The fraction of sp³-hybridized carbons (Fsp3) is 0.625. The first-order valence-electron chi connectivity index (χ1n) is 7.25. The Hall–Kier alpha value is -1.13. The third-order valence-electron chi connectivity index (χ3n) is 3.84. The molecule has 0 amide bonds. The normalized spacial score (nSPS) is 17.7. The lowest BCUT2D eigenvalue weighted by atomic mass is 9.93. The third-order valence-corrected chi connectivity index (χ3v) is 3.84. The average Bonchev–Trinajstić information content (AvgIpc) is 2.75. The molecule has 0 saturated carbocycles. The van der Waals surface area contributed by atoms with Crippen LogP contribution < -0.4 is 10.2 Å². The van der Waals surface area contributed by atoms with Crippen LogP contribution in [0.1, 0.15) is 25.8 Å². The number of anilines is 1. The van der Waals surface area contributed by atoms with Gasteiger partial charge in [0.1, 0.15) is 5.82 Å². The molecule has 0 atom stereocenters. The molecule has 4 heteroatoms. The molecule has 1 fully saturated rings. The van der Waals surface area contributed by atoms with Crippen LogP contribution in [0.15, 0.2) is 18.2 Å². The Bertz CT molecular complexity index is 448. The highest BCUT2D eigenvalue weighted by Gasteiger charge is 2.30. The predicted octanol–water partition coefficient (Wildman–Crippen LogP) is 2.80. The summed E-state index contributed by atoms with van der Waals surface area (Å²) in [6.45, 7) is 8.46. The third kappa shape index (κ3) is 3.93. The molecule has 1 N–H and O–H groups in total. The van der Waals surface area contributed by atoms with E-state index in [2.05, 4.69) is 24.1 Å². The van der Waals surface area contributed by atoms with Gasteiger partial charge in [0.15, 0.2) is 0 Å². The molecule has 0 aliphatic carbocycles. The molecule has 1 aliphatic rings. The maximum absolute atomic E-state index is 14.2. The number of methoxy groups -OCH3 is 1. The van der Waals surface area contributed by atoms with Gasteiger partial charge in [-0.25, -0.2) is 4.39 Å². The Labute approximate surface area is 121 Å². The highest BCUT2D eigenvalue weighted by molar-refractivity contribution is 5.50. The Morgan fingerprint density at radius 2 is 2.20 bits per heavy atom. The van der Waals surface area contributed by atoms with E-state index in [1.165, 1.54) is 0 Å². The number of nitrogens with zero attached hydrogens (tertiary/aromatic N) is 1. The summed E-state index contributed by atoms with van der Waals surface area (Å²) in [4.78, 5) is 2.15. The first-order chi connectivity index (χ1) is 9.52. The molecule has 0 bridgehead atoms. The van der Waals surface area contributed by atoms with Crippen molar-refractivity contribution in [3.63, 3.8) is 0 Å². The number of benzene rings is 1. The van der Waals surface area contributed by atoms with Gasteiger partial charge >= 0.3 is 0 Å². The Kier molecular flexibility index (Phi) is 5.00. The fourth-order valence-corrected chi connectivity index (χ4v) is 2.64. The van der Waals surface area contributed by atoms with Crippen molar-refractivity contribution in [2.45, 2.75) is 26.8 Å². The lowest BCUT2D eigenvalue weighted by Gasteiger charge is -2.22. The van der Waals surface area contributed by atoms with Crippen molar-refractivity contribution in [2.24, 2.45) is 5.41 Å². The molecule has 1 heterocycles. The van der Waals surface area contributed by atoms with Gasteiger partial charge in [0.2, 0.25) is 0 Å². The van der Waals surface area contributed by atoms with Crippen LogP contribution >= 0.6 is 0 Å². The predicted molar refractivity (Wildman–Crippen MR) is 80.6 cm³/mol. The summed E-state index contributed by atoms with van der Waals surface area (Å²) in [7, 11) is 1.67. The summed E-state index contributed by atoms with van der Waals surface area (Å²) >= 11 is 0. The summed E-state index contributed by atoms with van der Waals surface area (Å²) in [6, 6.07) is 5.55. The maximum Gasteiger partial charge on any atom is 0.146 e. The van der Waals surface area contributed by atoms with Gasteiger partial charge < -0.3 is 15.0 Å². The molecule has 0 unspecified atom stereocenters. The molecule has 3 nitrogen and oxygen atoms in total. The van der Waals surface area contributed by atoms with E-state index in [0.717, 1.165) is 37.3 Å². The van der Waals surface area contributed by atoms with Crippen LogP contribution in [0.3, 0.4) is 0 Å².